The molecule has 4 aliphatic rings. The largest absolute Gasteiger partial charge is 0.480 e. The normalized spacial score (nSPS) is 37.0. The number of oxime groups is 1. The Morgan fingerprint density at radius 2 is 1.88 bits per heavy atom. The molecule has 4 aliphatic carbocycles. The fourth-order valence-electron chi connectivity index (χ4n) is 8.26. The highest BCUT2D eigenvalue weighted by atomic mass is 16.6. The molecule has 0 aliphatic heterocycles. The van der Waals surface area contributed by atoms with Gasteiger partial charge >= 0.3 is 5.97 Å². The van der Waals surface area contributed by atoms with Crippen molar-refractivity contribution in [2.45, 2.75) is 110 Å². The quantitative estimate of drug-likeness (QED) is 0.254. The standard InChI is InChI=1S/C31H45N3O6/c1-6-8-25(28(37)38)33-27(36)19(3)32-26(35)18-40-34-21-11-14-29(4)20(17-21)9-10-22-23(29)12-15-30(5)24(22)13-16-31(30,39)7-2/h2,17,19,22-25,39H,6,8-16,18H2,1,3-5H3,(H,32,35)(H,33,36)(H,37,38)/b34-21+/t19-,22-,23+,24+,25+,29+,30+,31-/m1/s1. The maximum Gasteiger partial charge on any atom is 0.326 e. The fourth-order valence-corrected chi connectivity index (χ4v) is 8.26. The molecular formula is C31H45N3O6. The lowest BCUT2D eigenvalue weighted by Crippen LogP contribution is -2.54. The van der Waals surface area contributed by atoms with Crippen LogP contribution < -0.4 is 10.6 Å². The third-order valence-electron chi connectivity index (χ3n) is 10.7. The van der Waals surface area contributed by atoms with Gasteiger partial charge in [-0.1, -0.05) is 43.8 Å². The molecule has 40 heavy (non-hydrogen) atoms. The van der Waals surface area contributed by atoms with Gasteiger partial charge in [0.2, 0.25) is 5.91 Å². The summed E-state index contributed by atoms with van der Waals surface area (Å²) in [5, 5.41) is 29.6. The first kappa shape index (κ1) is 30.1. The highest BCUT2D eigenvalue weighted by Gasteiger charge is 2.63. The van der Waals surface area contributed by atoms with Crippen molar-refractivity contribution in [3.05, 3.63) is 11.6 Å². The molecule has 4 rings (SSSR count). The van der Waals surface area contributed by atoms with Gasteiger partial charge in [0.1, 0.15) is 17.7 Å². The number of aliphatic carboxylic acids is 1. The monoisotopic (exact) mass is 555 g/mol. The number of carboxylic acid groups (broad SMARTS) is 1. The smallest absolute Gasteiger partial charge is 0.326 e. The van der Waals surface area contributed by atoms with Crippen LogP contribution >= 0.6 is 0 Å². The highest BCUT2D eigenvalue weighted by Crippen LogP contribution is 2.67. The van der Waals surface area contributed by atoms with Crippen LogP contribution in [0, 0.1) is 40.9 Å². The molecule has 3 saturated carbocycles. The minimum absolute atomic E-state index is 0.0892. The van der Waals surface area contributed by atoms with Crippen molar-refractivity contribution in [3.8, 4) is 12.3 Å². The summed E-state index contributed by atoms with van der Waals surface area (Å²) in [5.74, 6) is 2.16. The lowest BCUT2D eigenvalue weighted by molar-refractivity contribution is -0.142. The van der Waals surface area contributed by atoms with E-state index in [-0.39, 0.29) is 17.4 Å². The van der Waals surface area contributed by atoms with Crippen LogP contribution in [-0.2, 0) is 19.2 Å². The van der Waals surface area contributed by atoms with Gasteiger partial charge in [0, 0.05) is 5.41 Å². The fraction of sp³-hybridized carbons (Fsp3) is 0.742. The number of rotatable bonds is 9. The lowest BCUT2D eigenvalue weighted by atomic mass is 9.46. The van der Waals surface area contributed by atoms with E-state index in [1.807, 2.05) is 6.92 Å². The molecule has 3 fully saturated rings. The highest BCUT2D eigenvalue weighted by molar-refractivity contribution is 5.96. The molecule has 0 aromatic heterocycles. The molecule has 0 aromatic carbocycles. The van der Waals surface area contributed by atoms with Crippen LogP contribution in [-0.4, -0.2) is 58.0 Å². The molecule has 2 amide bonds. The number of terminal acetylenes is 1. The van der Waals surface area contributed by atoms with Gasteiger partial charge in [-0.05, 0) is 94.0 Å². The van der Waals surface area contributed by atoms with Gasteiger partial charge in [-0.25, -0.2) is 4.79 Å². The van der Waals surface area contributed by atoms with E-state index in [1.54, 1.807) is 0 Å². The van der Waals surface area contributed by atoms with Crippen molar-refractivity contribution in [3.63, 3.8) is 0 Å². The molecule has 0 aromatic rings. The maximum atomic E-state index is 12.3. The van der Waals surface area contributed by atoms with E-state index in [1.165, 1.54) is 12.5 Å². The minimum Gasteiger partial charge on any atom is -0.480 e. The molecule has 0 spiro atoms. The van der Waals surface area contributed by atoms with Crippen molar-refractivity contribution in [2.75, 3.05) is 6.61 Å². The van der Waals surface area contributed by atoms with Crippen molar-refractivity contribution in [1.29, 1.82) is 0 Å². The zero-order valence-corrected chi connectivity index (χ0v) is 24.3. The maximum absolute atomic E-state index is 12.3. The molecule has 9 heteroatoms. The molecule has 0 heterocycles. The first-order chi connectivity index (χ1) is 18.9. The molecule has 0 bridgehead atoms. The third kappa shape index (κ3) is 5.39. The van der Waals surface area contributed by atoms with Gasteiger partial charge in [0.05, 0.1) is 5.71 Å². The van der Waals surface area contributed by atoms with E-state index in [2.05, 4.69) is 41.6 Å². The summed E-state index contributed by atoms with van der Waals surface area (Å²) in [7, 11) is 0. The first-order valence-electron chi connectivity index (χ1n) is 14.8. The summed E-state index contributed by atoms with van der Waals surface area (Å²) in [6.07, 6.45) is 16.4. The van der Waals surface area contributed by atoms with Gasteiger partial charge in [-0.15, -0.1) is 6.42 Å². The number of nitrogens with one attached hydrogen (secondary N) is 2. The summed E-state index contributed by atoms with van der Waals surface area (Å²) in [5.41, 5.74) is 1.10. The zero-order valence-electron chi connectivity index (χ0n) is 24.3. The van der Waals surface area contributed by atoms with Gasteiger partial charge in [-0.2, -0.15) is 0 Å². The van der Waals surface area contributed by atoms with E-state index < -0.39 is 35.5 Å². The molecule has 8 atom stereocenters. The lowest BCUT2D eigenvalue weighted by Gasteiger charge is -2.58. The number of carbonyl (C=O) groups is 3. The minimum atomic E-state index is -1.10. The van der Waals surface area contributed by atoms with Gasteiger partial charge < -0.3 is 25.7 Å². The third-order valence-corrected chi connectivity index (χ3v) is 10.7. The average Bonchev–Trinajstić information content (AvgIpc) is 3.19. The topological polar surface area (TPSA) is 137 Å². The van der Waals surface area contributed by atoms with Crippen LogP contribution in [0.2, 0.25) is 0 Å². The number of carbonyl (C=O) groups excluding carboxylic acids is 2. The first-order valence-corrected chi connectivity index (χ1v) is 14.8. The van der Waals surface area contributed by atoms with E-state index in [4.69, 9.17) is 11.3 Å². The average molecular weight is 556 g/mol. The number of allylic oxidation sites excluding steroid dienone is 2. The van der Waals surface area contributed by atoms with Crippen molar-refractivity contribution < 1.29 is 29.4 Å². The van der Waals surface area contributed by atoms with E-state index >= 15 is 0 Å². The van der Waals surface area contributed by atoms with E-state index in [9.17, 15) is 24.6 Å². The molecule has 0 unspecified atom stereocenters. The summed E-state index contributed by atoms with van der Waals surface area (Å²) in [4.78, 5) is 41.2. The number of hydrogen-bond donors (Lipinski definition) is 4. The number of carboxylic acids is 1. The Balaban J connectivity index is 1.32. The van der Waals surface area contributed by atoms with Gasteiger partial charge in [0.25, 0.3) is 5.91 Å². The molecule has 4 N–H and O–H groups in total. The predicted molar refractivity (Wildman–Crippen MR) is 151 cm³/mol. The Morgan fingerprint density at radius 1 is 1.15 bits per heavy atom. The van der Waals surface area contributed by atoms with Crippen molar-refractivity contribution in [2.24, 2.45) is 33.7 Å². The number of aliphatic hydroxyl groups is 1. The van der Waals surface area contributed by atoms with Gasteiger partial charge in [-0.3, -0.25) is 9.59 Å². The summed E-state index contributed by atoms with van der Waals surface area (Å²) in [6, 6.07) is -1.88. The molecular weight excluding hydrogens is 510 g/mol. The Bertz CT molecular complexity index is 1130. The van der Waals surface area contributed by atoms with Crippen molar-refractivity contribution >= 4 is 23.5 Å². The second-order valence-corrected chi connectivity index (χ2v) is 12.8. The van der Waals surface area contributed by atoms with Crippen LogP contribution in [0.1, 0.15) is 91.9 Å². The molecule has 9 nitrogen and oxygen atoms in total. The zero-order chi connectivity index (χ0) is 29.3. The summed E-state index contributed by atoms with van der Waals surface area (Å²) in [6.45, 7) is 7.59. The Hall–Kier alpha value is -2.86. The second kappa shape index (κ2) is 11.6. The number of amides is 2. The van der Waals surface area contributed by atoms with Crippen LogP contribution in [0.4, 0.5) is 0 Å². The predicted octanol–water partition coefficient (Wildman–Crippen LogP) is 3.56. The van der Waals surface area contributed by atoms with Crippen molar-refractivity contribution in [1.82, 2.24) is 10.6 Å². The Morgan fingerprint density at radius 3 is 2.55 bits per heavy atom. The second-order valence-electron chi connectivity index (χ2n) is 12.8. The summed E-state index contributed by atoms with van der Waals surface area (Å²) >= 11 is 0. The Labute approximate surface area is 237 Å². The number of fused-ring (bicyclic) bond motifs is 5. The number of nitrogens with zero attached hydrogens (tertiary/aromatic N) is 1. The SMILES string of the molecule is C#C[C@@]1(O)CC[C@H]2[C@@H]3CCC4=C/C(=N/OCC(=O)N[C@H](C)C(=O)N[C@@H](CCC)C(=O)O)CC[C@]4(C)[C@H]3CC[C@@]21C. The van der Waals surface area contributed by atoms with E-state index in [0.29, 0.717) is 37.0 Å². The molecule has 220 valence electrons. The van der Waals surface area contributed by atoms with E-state index in [0.717, 1.165) is 50.7 Å². The van der Waals surface area contributed by atoms with Crippen LogP contribution in [0.25, 0.3) is 0 Å². The van der Waals surface area contributed by atoms with Crippen LogP contribution in [0.3, 0.4) is 0 Å². The molecule has 0 radical (unpaired) electrons. The van der Waals surface area contributed by atoms with Crippen LogP contribution in [0.15, 0.2) is 16.8 Å². The molecule has 0 saturated heterocycles. The van der Waals surface area contributed by atoms with Crippen LogP contribution in [0.5, 0.6) is 0 Å². The Kier molecular flexibility index (Phi) is 8.70. The summed E-state index contributed by atoms with van der Waals surface area (Å²) < 4.78 is 0. The number of hydrogen-bond acceptors (Lipinski definition) is 6. The van der Waals surface area contributed by atoms with Gasteiger partial charge in [0.15, 0.2) is 6.61 Å².